The van der Waals surface area contributed by atoms with Crippen molar-refractivity contribution in [3.8, 4) is 5.75 Å². The first-order chi connectivity index (χ1) is 11.5. The Bertz CT molecular complexity index is 683. The van der Waals surface area contributed by atoms with E-state index in [2.05, 4.69) is 17.1 Å². The van der Waals surface area contributed by atoms with Gasteiger partial charge in [0.25, 0.3) is 5.91 Å². The van der Waals surface area contributed by atoms with Gasteiger partial charge in [0, 0.05) is 31.1 Å². The number of nitrogens with zero attached hydrogens (tertiary/aromatic N) is 1. The van der Waals surface area contributed by atoms with Crippen LogP contribution in [0.25, 0.3) is 0 Å². The number of amides is 1. The predicted octanol–water partition coefficient (Wildman–Crippen LogP) is 2.71. The molecule has 1 aromatic rings. The second-order valence-electron chi connectivity index (χ2n) is 7.51. The molecule has 1 aromatic carbocycles. The zero-order chi connectivity index (χ0) is 16.8. The maximum atomic E-state index is 12.7. The Morgan fingerprint density at radius 1 is 1.29 bits per heavy atom. The molecule has 0 bridgehead atoms. The van der Waals surface area contributed by atoms with Gasteiger partial charge >= 0.3 is 0 Å². The molecule has 1 amide bonds. The van der Waals surface area contributed by atoms with Crippen molar-refractivity contribution in [1.29, 1.82) is 0 Å². The smallest absolute Gasteiger partial charge is 0.265 e. The largest absolute Gasteiger partial charge is 0.479 e. The molecule has 0 aromatic heterocycles. The van der Waals surface area contributed by atoms with E-state index >= 15 is 0 Å². The summed E-state index contributed by atoms with van der Waals surface area (Å²) in [5.74, 6) is 1.61. The fraction of sp³-hybridized carbons (Fsp3) is 0.579. The second kappa shape index (κ2) is 5.88. The Morgan fingerprint density at radius 3 is 2.83 bits per heavy atom. The molecule has 1 saturated heterocycles. The molecule has 1 N–H and O–H groups in total. The number of ketones is 1. The predicted molar refractivity (Wildman–Crippen MR) is 91.4 cm³/mol. The van der Waals surface area contributed by atoms with Crippen molar-refractivity contribution in [1.82, 2.24) is 4.90 Å². The van der Waals surface area contributed by atoms with Gasteiger partial charge in [-0.05, 0) is 49.8 Å². The van der Waals surface area contributed by atoms with Gasteiger partial charge in [-0.2, -0.15) is 0 Å². The summed E-state index contributed by atoms with van der Waals surface area (Å²) in [4.78, 5) is 27.0. The highest BCUT2D eigenvalue weighted by Crippen LogP contribution is 2.36. The Morgan fingerprint density at radius 2 is 2.08 bits per heavy atom. The Labute approximate surface area is 142 Å². The van der Waals surface area contributed by atoms with E-state index in [-0.39, 0.29) is 11.7 Å². The lowest BCUT2D eigenvalue weighted by atomic mass is 9.90. The Balaban J connectivity index is 1.45. The third kappa shape index (κ3) is 2.93. The number of benzene rings is 1. The summed E-state index contributed by atoms with van der Waals surface area (Å²) < 4.78 is 5.55. The van der Waals surface area contributed by atoms with Gasteiger partial charge in [-0.3, -0.25) is 14.5 Å². The van der Waals surface area contributed by atoms with Gasteiger partial charge in [0.05, 0.1) is 5.69 Å². The standard InChI is InChI=1S/C19H24N2O3/c1-11-9-21(15-4-5-15)10-14(11)8-17(22)13-3-6-18-16(7-13)20-19(23)12(2)24-18/h3,6-7,11-12,14-15H,4-5,8-10H2,1-2H3,(H,20,23)/t11-,12?,14-/m0/s1. The van der Waals surface area contributed by atoms with Crippen molar-refractivity contribution in [2.24, 2.45) is 11.8 Å². The Kier molecular flexibility index (Phi) is 3.83. The van der Waals surface area contributed by atoms with E-state index in [1.54, 1.807) is 19.1 Å². The molecular weight excluding hydrogens is 304 g/mol. The average molecular weight is 328 g/mol. The van der Waals surface area contributed by atoms with Crippen LogP contribution in [0.15, 0.2) is 18.2 Å². The number of hydrogen-bond acceptors (Lipinski definition) is 4. The van der Waals surface area contributed by atoms with Crippen LogP contribution in [0.5, 0.6) is 5.75 Å². The first-order valence-corrected chi connectivity index (χ1v) is 8.90. The molecule has 24 heavy (non-hydrogen) atoms. The number of Topliss-reactive ketones (excluding diaryl/α,β-unsaturated/α-hetero) is 1. The average Bonchev–Trinajstić information content (AvgIpc) is 3.33. The third-order valence-corrected chi connectivity index (χ3v) is 5.54. The lowest BCUT2D eigenvalue weighted by molar-refractivity contribution is -0.122. The molecule has 128 valence electrons. The number of ether oxygens (including phenoxy) is 1. The van der Waals surface area contributed by atoms with Crippen molar-refractivity contribution in [2.75, 3.05) is 18.4 Å². The van der Waals surface area contributed by atoms with Gasteiger partial charge in [-0.15, -0.1) is 0 Å². The summed E-state index contributed by atoms with van der Waals surface area (Å²) in [6, 6.07) is 6.11. The first kappa shape index (κ1) is 15.6. The van der Waals surface area contributed by atoms with Gasteiger partial charge in [0.15, 0.2) is 11.9 Å². The molecule has 4 rings (SSSR count). The van der Waals surface area contributed by atoms with E-state index in [4.69, 9.17) is 4.74 Å². The van der Waals surface area contributed by atoms with Crippen molar-refractivity contribution < 1.29 is 14.3 Å². The van der Waals surface area contributed by atoms with Crippen LogP contribution in [0.3, 0.4) is 0 Å². The number of fused-ring (bicyclic) bond motifs is 1. The topological polar surface area (TPSA) is 58.6 Å². The summed E-state index contributed by atoms with van der Waals surface area (Å²) in [6.07, 6.45) is 2.72. The zero-order valence-electron chi connectivity index (χ0n) is 14.2. The number of carbonyl (C=O) groups is 2. The molecule has 1 saturated carbocycles. The lowest BCUT2D eigenvalue weighted by Gasteiger charge is -2.23. The van der Waals surface area contributed by atoms with E-state index in [1.807, 2.05) is 6.07 Å². The fourth-order valence-electron chi connectivity index (χ4n) is 3.82. The molecule has 2 heterocycles. The van der Waals surface area contributed by atoms with Crippen LogP contribution in [-0.4, -0.2) is 41.8 Å². The maximum Gasteiger partial charge on any atom is 0.265 e. The van der Waals surface area contributed by atoms with Crippen LogP contribution >= 0.6 is 0 Å². The van der Waals surface area contributed by atoms with Crippen LogP contribution in [0, 0.1) is 11.8 Å². The fourth-order valence-corrected chi connectivity index (χ4v) is 3.82. The second-order valence-corrected chi connectivity index (χ2v) is 7.51. The molecule has 1 aliphatic carbocycles. The number of carbonyl (C=O) groups excluding carboxylic acids is 2. The quantitative estimate of drug-likeness (QED) is 0.864. The zero-order valence-corrected chi connectivity index (χ0v) is 14.2. The number of likely N-dealkylation sites (tertiary alicyclic amines) is 1. The van der Waals surface area contributed by atoms with E-state index in [1.165, 1.54) is 12.8 Å². The van der Waals surface area contributed by atoms with Crippen molar-refractivity contribution in [2.45, 2.75) is 45.3 Å². The van der Waals surface area contributed by atoms with Gasteiger partial charge in [0.2, 0.25) is 0 Å². The number of nitrogens with one attached hydrogen (secondary N) is 1. The van der Waals surface area contributed by atoms with E-state index in [0.717, 1.165) is 19.1 Å². The van der Waals surface area contributed by atoms with Crippen molar-refractivity contribution in [3.05, 3.63) is 23.8 Å². The van der Waals surface area contributed by atoms with Crippen LogP contribution in [0.2, 0.25) is 0 Å². The highest BCUT2D eigenvalue weighted by atomic mass is 16.5. The molecule has 0 radical (unpaired) electrons. The molecule has 2 fully saturated rings. The van der Waals surface area contributed by atoms with E-state index in [0.29, 0.717) is 35.3 Å². The highest BCUT2D eigenvalue weighted by molar-refractivity contribution is 6.01. The van der Waals surface area contributed by atoms with E-state index in [9.17, 15) is 9.59 Å². The van der Waals surface area contributed by atoms with Crippen LogP contribution in [-0.2, 0) is 4.79 Å². The summed E-state index contributed by atoms with van der Waals surface area (Å²) in [5.41, 5.74) is 1.26. The monoisotopic (exact) mass is 328 g/mol. The SMILES string of the molecule is CC1Oc2ccc(C(=O)C[C@H]3CN(C4CC4)C[C@@H]3C)cc2NC1=O. The normalized spacial score (nSPS) is 29.8. The molecular formula is C19H24N2O3. The minimum atomic E-state index is -0.494. The van der Waals surface area contributed by atoms with E-state index < -0.39 is 6.10 Å². The summed E-state index contributed by atoms with van der Waals surface area (Å²) in [7, 11) is 0. The van der Waals surface area contributed by atoms with Gasteiger partial charge in [-0.1, -0.05) is 6.92 Å². The third-order valence-electron chi connectivity index (χ3n) is 5.54. The van der Waals surface area contributed by atoms with Gasteiger partial charge in [0.1, 0.15) is 5.75 Å². The number of hydrogen-bond donors (Lipinski definition) is 1. The minimum absolute atomic E-state index is 0.153. The summed E-state index contributed by atoms with van der Waals surface area (Å²) in [5, 5.41) is 2.81. The molecule has 0 spiro atoms. The Hall–Kier alpha value is -1.88. The first-order valence-electron chi connectivity index (χ1n) is 8.90. The molecule has 3 aliphatic rings. The van der Waals surface area contributed by atoms with Crippen LogP contribution in [0.1, 0.15) is 43.5 Å². The summed E-state index contributed by atoms with van der Waals surface area (Å²) in [6.45, 7) is 6.13. The molecule has 5 nitrogen and oxygen atoms in total. The molecule has 2 aliphatic heterocycles. The van der Waals surface area contributed by atoms with Crippen molar-refractivity contribution >= 4 is 17.4 Å². The minimum Gasteiger partial charge on any atom is -0.479 e. The summed E-state index contributed by atoms with van der Waals surface area (Å²) >= 11 is 0. The maximum absolute atomic E-state index is 12.7. The molecule has 3 atom stereocenters. The number of rotatable bonds is 4. The van der Waals surface area contributed by atoms with Crippen molar-refractivity contribution in [3.63, 3.8) is 0 Å². The molecule has 5 heteroatoms. The van der Waals surface area contributed by atoms with Crippen LogP contribution in [0.4, 0.5) is 5.69 Å². The van der Waals surface area contributed by atoms with Crippen LogP contribution < -0.4 is 10.1 Å². The van der Waals surface area contributed by atoms with Gasteiger partial charge < -0.3 is 10.1 Å². The van der Waals surface area contributed by atoms with Gasteiger partial charge in [-0.25, -0.2) is 0 Å². The lowest BCUT2D eigenvalue weighted by Crippen LogP contribution is -2.34. The molecule has 1 unspecified atom stereocenters. The highest BCUT2D eigenvalue weighted by Gasteiger charge is 2.38. The number of anilines is 1.